The Morgan fingerprint density at radius 3 is 3.00 bits per heavy atom. The van der Waals surface area contributed by atoms with E-state index in [0.29, 0.717) is 19.5 Å². The van der Waals surface area contributed by atoms with Crippen molar-refractivity contribution in [2.45, 2.75) is 19.3 Å². The topological polar surface area (TPSA) is 68.0 Å². The van der Waals surface area contributed by atoms with E-state index in [0.717, 1.165) is 23.4 Å². The third-order valence-corrected chi connectivity index (χ3v) is 3.70. The summed E-state index contributed by atoms with van der Waals surface area (Å²) in [4.78, 5) is 15.9. The highest BCUT2D eigenvalue weighted by Gasteiger charge is 2.05. The van der Waals surface area contributed by atoms with Crippen LogP contribution in [0.4, 0.5) is 0 Å². The number of para-hydroxylation sites is 1. The molecule has 1 aromatic heterocycles. The predicted octanol–water partition coefficient (Wildman–Crippen LogP) is 1.69. The molecule has 0 radical (unpaired) electrons. The standard InChI is InChI=1S/C13H17N3OS/c14-8-9-15-12(17)6-3-7-13-16-10-4-1-2-5-11(10)18-13/h1-2,4-5H,3,6-9,14H2,(H,15,17). The van der Waals surface area contributed by atoms with Gasteiger partial charge in [0.25, 0.3) is 0 Å². The van der Waals surface area contributed by atoms with Crippen molar-refractivity contribution >= 4 is 27.5 Å². The van der Waals surface area contributed by atoms with Crippen molar-refractivity contribution in [3.8, 4) is 0 Å². The van der Waals surface area contributed by atoms with Crippen molar-refractivity contribution in [2.75, 3.05) is 13.1 Å². The van der Waals surface area contributed by atoms with Gasteiger partial charge in [0, 0.05) is 19.5 Å². The molecule has 4 nitrogen and oxygen atoms in total. The van der Waals surface area contributed by atoms with Gasteiger partial charge in [0.1, 0.15) is 0 Å². The van der Waals surface area contributed by atoms with Crippen LogP contribution in [0.5, 0.6) is 0 Å². The minimum atomic E-state index is 0.0709. The van der Waals surface area contributed by atoms with Crippen molar-refractivity contribution < 1.29 is 4.79 Å². The van der Waals surface area contributed by atoms with E-state index in [2.05, 4.69) is 16.4 Å². The van der Waals surface area contributed by atoms with Crippen LogP contribution in [0.3, 0.4) is 0 Å². The molecule has 1 heterocycles. The summed E-state index contributed by atoms with van der Waals surface area (Å²) in [6, 6.07) is 8.10. The fraction of sp³-hybridized carbons (Fsp3) is 0.385. The Morgan fingerprint density at radius 2 is 2.22 bits per heavy atom. The zero-order valence-electron chi connectivity index (χ0n) is 10.2. The minimum absolute atomic E-state index is 0.0709. The maximum Gasteiger partial charge on any atom is 0.220 e. The Morgan fingerprint density at radius 1 is 1.39 bits per heavy atom. The van der Waals surface area contributed by atoms with E-state index >= 15 is 0 Å². The number of hydrogen-bond donors (Lipinski definition) is 2. The van der Waals surface area contributed by atoms with Crippen LogP contribution >= 0.6 is 11.3 Å². The molecule has 3 N–H and O–H groups in total. The summed E-state index contributed by atoms with van der Waals surface area (Å²) < 4.78 is 1.21. The number of nitrogens with one attached hydrogen (secondary N) is 1. The van der Waals surface area contributed by atoms with Crippen LogP contribution in [-0.4, -0.2) is 24.0 Å². The van der Waals surface area contributed by atoms with Crippen LogP contribution in [0.15, 0.2) is 24.3 Å². The second kappa shape index (κ2) is 6.47. The first-order valence-corrected chi connectivity index (χ1v) is 6.92. The van der Waals surface area contributed by atoms with Gasteiger partial charge in [-0.2, -0.15) is 0 Å². The molecule has 5 heteroatoms. The fourth-order valence-corrected chi connectivity index (χ4v) is 2.74. The first-order valence-electron chi connectivity index (χ1n) is 6.11. The van der Waals surface area contributed by atoms with Gasteiger partial charge < -0.3 is 11.1 Å². The lowest BCUT2D eigenvalue weighted by molar-refractivity contribution is -0.121. The van der Waals surface area contributed by atoms with Gasteiger partial charge in [-0.1, -0.05) is 12.1 Å². The molecular formula is C13H17N3OS. The third kappa shape index (κ3) is 3.51. The molecule has 0 spiro atoms. The molecule has 1 aromatic carbocycles. The molecule has 96 valence electrons. The summed E-state index contributed by atoms with van der Waals surface area (Å²) in [6.45, 7) is 1.05. The quantitative estimate of drug-likeness (QED) is 0.833. The largest absolute Gasteiger partial charge is 0.355 e. The molecule has 0 bridgehead atoms. The molecular weight excluding hydrogens is 246 g/mol. The highest BCUT2D eigenvalue weighted by molar-refractivity contribution is 7.18. The van der Waals surface area contributed by atoms with Crippen molar-refractivity contribution in [2.24, 2.45) is 5.73 Å². The Hall–Kier alpha value is -1.46. The molecule has 0 saturated carbocycles. The van der Waals surface area contributed by atoms with E-state index in [1.807, 2.05) is 18.2 Å². The number of hydrogen-bond acceptors (Lipinski definition) is 4. The van der Waals surface area contributed by atoms with Gasteiger partial charge in [-0.15, -0.1) is 11.3 Å². The van der Waals surface area contributed by atoms with Crippen molar-refractivity contribution in [1.29, 1.82) is 0 Å². The van der Waals surface area contributed by atoms with Gasteiger partial charge in [0.2, 0.25) is 5.91 Å². The summed E-state index contributed by atoms with van der Waals surface area (Å²) in [5.74, 6) is 0.0709. The van der Waals surface area contributed by atoms with E-state index in [9.17, 15) is 4.79 Å². The number of thiazole rings is 1. The van der Waals surface area contributed by atoms with Crippen LogP contribution in [0.1, 0.15) is 17.8 Å². The van der Waals surface area contributed by atoms with Crippen LogP contribution in [0.2, 0.25) is 0 Å². The van der Waals surface area contributed by atoms with Crippen LogP contribution in [0, 0.1) is 0 Å². The fourth-order valence-electron chi connectivity index (χ4n) is 1.73. The average molecular weight is 263 g/mol. The molecule has 0 saturated heterocycles. The maximum atomic E-state index is 11.4. The van der Waals surface area contributed by atoms with Gasteiger partial charge >= 0.3 is 0 Å². The first-order chi connectivity index (χ1) is 8.79. The summed E-state index contributed by atoms with van der Waals surface area (Å²) >= 11 is 1.70. The number of nitrogens with two attached hydrogens (primary N) is 1. The Labute approximate surface area is 110 Å². The monoisotopic (exact) mass is 263 g/mol. The van der Waals surface area contributed by atoms with Crippen LogP contribution < -0.4 is 11.1 Å². The SMILES string of the molecule is NCCNC(=O)CCCc1nc2ccccc2s1. The highest BCUT2D eigenvalue weighted by atomic mass is 32.1. The summed E-state index contributed by atoms with van der Waals surface area (Å²) in [6.07, 6.45) is 2.22. The van der Waals surface area contributed by atoms with Crippen LogP contribution in [-0.2, 0) is 11.2 Å². The van der Waals surface area contributed by atoms with Gasteiger partial charge in [-0.05, 0) is 25.0 Å². The van der Waals surface area contributed by atoms with Gasteiger partial charge in [0.05, 0.1) is 15.2 Å². The highest BCUT2D eigenvalue weighted by Crippen LogP contribution is 2.22. The van der Waals surface area contributed by atoms with E-state index in [1.54, 1.807) is 11.3 Å². The number of carbonyl (C=O) groups excluding carboxylic acids is 1. The summed E-state index contributed by atoms with van der Waals surface area (Å²) in [5, 5.41) is 3.86. The number of amides is 1. The Kier molecular flexibility index (Phi) is 4.66. The minimum Gasteiger partial charge on any atom is -0.355 e. The second-order valence-electron chi connectivity index (χ2n) is 4.07. The van der Waals surface area contributed by atoms with E-state index < -0.39 is 0 Å². The lowest BCUT2D eigenvalue weighted by Crippen LogP contribution is -2.28. The molecule has 18 heavy (non-hydrogen) atoms. The number of nitrogens with zero attached hydrogens (tertiary/aromatic N) is 1. The molecule has 0 unspecified atom stereocenters. The average Bonchev–Trinajstić information content (AvgIpc) is 2.79. The van der Waals surface area contributed by atoms with Crippen molar-refractivity contribution in [3.05, 3.63) is 29.3 Å². The van der Waals surface area contributed by atoms with Gasteiger partial charge in [-0.25, -0.2) is 4.98 Å². The summed E-state index contributed by atoms with van der Waals surface area (Å²) in [7, 11) is 0. The lowest BCUT2D eigenvalue weighted by Gasteiger charge is -2.01. The maximum absolute atomic E-state index is 11.4. The second-order valence-corrected chi connectivity index (χ2v) is 5.18. The number of rotatable bonds is 6. The smallest absolute Gasteiger partial charge is 0.220 e. The Bertz CT molecular complexity index is 491. The van der Waals surface area contributed by atoms with Gasteiger partial charge in [-0.3, -0.25) is 4.79 Å². The lowest BCUT2D eigenvalue weighted by atomic mass is 10.2. The number of benzene rings is 1. The number of fused-ring (bicyclic) bond motifs is 1. The molecule has 0 aliphatic carbocycles. The molecule has 0 aliphatic rings. The van der Waals surface area contributed by atoms with E-state index in [1.165, 1.54) is 4.70 Å². The van der Waals surface area contributed by atoms with Crippen molar-refractivity contribution in [1.82, 2.24) is 10.3 Å². The Balaban J connectivity index is 1.81. The number of aromatic nitrogens is 1. The zero-order chi connectivity index (χ0) is 12.8. The number of aryl methyl sites for hydroxylation is 1. The summed E-state index contributed by atoms with van der Waals surface area (Å²) in [5.41, 5.74) is 6.36. The van der Waals surface area contributed by atoms with E-state index in [4.69, 9.17) is 5.73 Å². The first kappa shape index (κ1) is 13.0. The molecule has 2 rings (SSSR count). The molecule has 0 aliphatic heterocycles. The molecule has 0 fully saturated rings. The predicted molar refractivity (Wildman–Crippen MR) is 74.6 cm³/mol. The normalized spacial score (nSPS) is 10.7. The zero-order valence-corrected chi connectivity index (χ0v) is 11.0. The molecule has 2 aromatic rings. The third-order valence-electron chi connectivity index (χ3n) is 2.60. The van der Waals surface area contributed by atoms with E-state index in [-0.39, 0.29) is 5.91 Å². The van der Waals surface area contributed by atoms with Crippen molar-refractivity contribution in [3.63, 3.8) is 0 Å². The number of carbonyl (C=O) groups is 1. The molecule has 1 amide bonds. The van der Waals surface area contributed by atoms with Crippen LogP contribution in [0.25, 0.3) is 10.2 Å². The van der Waals surface area contributed by atoms with Gasteiger partial charge in [0.15, 0.2) is 0 Å². The molecule has 0 atom stereocenters.